The van der Waals surface area contributed by atoms with E-state index >= 15 is 0 Å². The Hall–Kier alpha value is -1.46. The Morgan fingerprint density at radius 2 is 2.05 bits per heavy atom. The number of ether oxygens (including phenoxy) is 1. The molecule has 0 aliphatic rings. The molecule has 0 N–H and O–H groups in total. The fourth-order valence-corrected chi connectivity index (χ4v) is 2.35. The molecule has 21 heavy (non-hydrogen) atoms. The number of pyridine rings is 1. The zero-order valence-electron chi connectivity index (χ0n) is 12.4. The normalized spacial score (nSPS) is 13.8. The molecule has 0 radical (unpaired) electrons. The summed E-state index contributed by atoms with van der Waals surface area (Å²) in [6, 6.07) is 7.40. The van der Waals surface area contributed by atoms with Gasteiger partial charge in [0.1, 0.15) is 21.9 Å². The van der Waals surface area contributed by atoms with E-state index in [0.29, 0.717) is 10.7 Å². The van der Waals surface area contributed by atoms with E-state index in [0.717, 1.165) is 16.7 Å². The van der Waals surface area contributed by atoms with Crippen LogP contribution in [0.5, 0.6) is 5.75 Å². The predicted molar refractivity (Wildman–Crippen MR) is 88.8 cm³/mol. The molecule has 1 atom stereocenters. The highest BCUT2D eigenvalue weighted by atomic mass is 35.5. The number of benzene rings is 1. The minimum absolute atomic E-state index is 0.335. The van der Waals surface area contributed by atoms with Crippen molar-refractivity contribution in [3.05, 3.63) is 35.0 Å². The van der Waals surface area contributed by atoms with Gasteiger partial charge in [-0.1, -0.05) is 11.6 Å². The Bertz CT molecular complexity index is 723. The lowest BCUT2D eigenvalue weighted by Crippen LogP contribution is -2.19. The van der Waals surface area contributed by atoms with Crippen molar-refractivity contribution >= 4 is 39.7 Å². The number of hydrogen-bond donors (Lipinski definition) is 0. The van der Waals surface area contributed by atoms with Gasteiger partial charge in [-0.25, -0.2) is 9.19 Å². The van der Waals surface area contributed by atoms with E-state index < -0.39 is 15.7 Å². The van der Waals surface area contributed by atoms with Gasteiger partial charge in [0.2, 0.25) is 0 Å². The summed E-state index contributed by atoms with van der Waals surface area (Å²) in [6.07, 6.45) is 1.51. The van der Waals surface area contributed by atoms with E-state index in [2.05, 4.69) is 9.38 Å². The van der Waals surface area contributed by atoms with E-state index in [9.17, 15) is 4.21 Å². The fourth-order valence-electron chi connectivity index (χ4n) is 1.63. The molecule has 0 amide bonds. The van der Waals surface area contributed by atoms with Crippen molar-refractivity contribution in [2.75, 3.05) is 7.11 Å². The van der Waals surface area contributed by atoms with Crippen LogP contribution in [0.25, 0.3) is 10.9 Å². The maximum atomic E-state index is 11.9. The van der Waals surface area contributed by atoms with Crippen molar-refractivity contribution in [1.29, 1.82) is 0 Å². The van der Waals surface area contributed by atoms with Crippen molar-refractivity contribution in [2.45, 2.75) is 25.5 Å². The van der Waals surface area contributed by atoms with Gasteiger partial charge in [0.25, 0.3) is 0 Å². The number of rotatable bonds is 3. The standard InChI is InChI=1S/C15H17ClN2O2S/c1-15(2,3)21(19)17-9-11-7-10-8-12(20-4)5-6-13(10)18-14(11)16/h5-9H,1-4H3/b17-9+/t21-/m0/s1. The van der Waals surface area contributed by atoms with Crippen molar-refractivity contribution in [3.63, 3.8) is 0 Å². The Labute approximate surface area is 131 Å². The molecule has 0 fully saturated rings. The first-order valence-corrected chi connectivity index (χ1v) is 7.90. The Morgan fingerprint density at radius 1 is 1.33 bits per heavy atom. The molecule has 1 aromatic carbocycles. The largest absolute Gasteiger partial charge is 0.497 e. The third-order valence-electron chi connectivity index (χ3n) is 2.81. The van der Waals surface area contributed by atoms with Gasteiger partial charge in [0.05, 0.1) is 17.4 Å². The SMILES string of the molecule is COc1ccc2nc(Cl)c(/C=N/[S@@](=O)C(C)(C)C)cc2c1. The predicted octanol–water partition coefficient (Wildman–Crippen LogP) is 3.78. The molecule has 2 aromatic rings. The highest BCUT2D eigenvalue weighted by Crippen LogP contribution is 2.23. The first-order valence-electron chi connectivity index (χ1n) is 6.41. The summed E-state index contributed by atoms with van der Waals surface area (Å²) in [7, 11) is 0.283. The lowest BCUT2D eigenvalue weighted by atomic mass is 10.1. The molecule has 1 heterocycles. The van der Waals surface area contributed by atoms with Crippen molar-refractivity contribution in [2.24, 2.45) is 4.40 Å². The summed E-state index contributed by atoms with van der Waals surface area (Å²) in [5, 5.41) is 1.23. The van der Waals surface area contributed by atoms with E-state index in [-0.39, 0.29) is 0 Å². The Balaban J connectivity index is 2.42. The van der Waals surface area contributed by atoms with Crippen molar-refractivity contribution in [3.8, 4) is 5.75 Å². The summed E-state index contributed by atoms with van der Waals surface area (Å²) in [6.45, 7) is 5.60. The average Bonchev–Trinajstić information content (AvgIpc) is 2.43. The summed E-state index contributed by atoms with van der Waals surface area (Å²) >= 11 is 6.14. The summed E-state index contributed by atoms with van der Waals surface area (Å²) in [5.41, 5.74) is 1.41. The molecular formula is C15H17ClN2O2S. The Kier molecular flexibility index (Phi) is 4.64. The number of hydrogen-bond acceptors (Lipinski definition) is 3. The van der Waals surface area contributed by atoms with Crippen LogP contribution in [0.1, 0.15) is 26.3 Å². The van der Waals surface area contributed by atoms with Gasteiger partial charge in [-0.15, -0.1) is 0 Å². The molecular weight excluding hydrogens is 308 g/mol. The molecule has 0 aliphatic heterocycles. The Morgan fingerprint density at radius 3 is 2.67 bits per heavy atom. The van der Waals surface area contributed by atoms with Crippen LogP contribution < -0.4 is 4.74 Å². The van der Waals surface area contributed by atoms with Gasteiger partial charge < -0.3 is 4.74 Å². The zero-order valence-corrected chi connectivity index (χ0v) is 14.0. The number of fused-ring (bicyclic) bond motifs is 1. The lowest BCUT2D eigenvalue weighted by molar-refractivity contribution is 0.415. The molecule has 0 saturated heterocycles. The van der Waals surface area contributed by atoms with Gasteiger partial charge in [0, 0.05) is 17.2 Å². The van der Waals surface area contributed by atoms with Gasteiger partial charge >= 0.3 is 0 Å². The molecule has 1 aromatic heterocycles. The second-order valence-corrected chi connectivity index (χ2v) is 7.81. The zero-order chi connectivity index (χ0) is 15.6. The number of aromatic nitrogens is 1. The number of nitrogens with zero attached hydrogens (tertiary/aromatic N) is 2. The van der Waals surface area contributed by atoms with E-state index in [1.807, 2.05) is 45.0 Å². The van der Waals surface area contributed by atoms with Crippen LogP contribution in [0.2, 0.25) is 5.15 Å². The van der Waals surface area contributed by atoms with Gasteiger partial charge in [-0.3, -0.25) is 0 Å². The second-order valence-electron chi connectivity index (χ2n) is 5.52. The van der Waals surface area contributed by atoms with Crippen LogP contribution in [0.4, 0.5) is 0 Å². The smallest absolute Gasteiger partial charge is 0.144 e. The molecule has 0 bridgehead atoms. The van der Waals surface area contributed by atoms with Gasteiger partial charge in [0.15, 0.2) is 0 Å². The molecule has 0 saturated carbocycles. The minimum Gasteiger partial charge on any atom is -0.497 e. The summed E-state index contributed by atoms with van der Waals surface area (Å²) < 4.78 is 20.8. The summed E-state index contributed by atoms with van der Waals surface area (Å²) in [5.74, 6) is 0.743. The third kappa shape index (κ3) is 3.80. The molecule has 0 unspecified atom stereocenters. The number of methoxy groups -OCH3 is 1. The van der Waals surface area contributed by atoms with E-state index in [4.69, 9.17) is 16.3 Å². The number of halogens is 1. The van der Waals surface area contributed by atoms with Crippen molar-refractivity contribution in [1.82, 2.24) is 4.98 Å². The fraction of sp³-hybridized carbons (Fsp3) is 0.333. The van der Waals surface area contributed by atoms with Crippen LogP contribution in [0, 0.1) is 0 Å². The topological polar surface area (TPSA) is 51.6 Å². The highest BCUT2D eigenvalue weighted by Gasteiger charge is 2.18. The lowest BCUT2D eigenvalue weighted by Gasteiger charge is -2.12. The van der Waals surface area contributed by atoms with Crippen molar-refractivity contribution < 1.29 is 8.95 Å². The first kappa shape index (κ1) is 15.9. The van der Waals surface area contributed by atoms with Crippen LogP contribution >= 0.6 is 11.6 Å². The quantitative estimate of drug-likeness (QED) is 0.637. The van der Waals surface area contributed by atoms with Crippen LogP contribution in [0.3, 0.4) is 0 Å². The molecule has 2 rings (SSSR count). The molecule has 0 aliphatic carbocycles. The van der Waals surface area contributed by atoms with Gasteiger partial charge in [-0.05, 0) is 45.0 Å². The van der Waals surface area contributed by atoms with E-state index in [1.54, 1.807) is 7.11 Å². The monoisotopic (exact) mass is 324 g/mol. The highest BCUT2D eigenvalue weighted by molar-refractivity contribution is 7.85. The molecule has 4 nitrogen and oxygen atoms in total. The maximum Gasteiger partial charge on any atom is 0.144 e. The van der Waals surface area contributed by atoms with Gasteiger partial charge in [-0.2, -0.15) is 4.40 Å². The summed E-state index contributed by atoms with van der Waals surface area (Å²) in [4.78, 5) is 4.31. The van der Waals surface area contributed by atoms with E-state index in [1.165, 1.54) is 6.21 Å². The van der Waals surface area contributed by atoms with Crippen LogP contribution in [-0.2, 0) is 11.0 Å². The molecule has 0 spiro atoms. The minimum atomic E-state index is -1.33. The second kappa shape index (κ2) is 6.12. The third-order valence-corrected chi connectivity index (χ3v) is 4.46. The molecule has 6 heteroatoms. The average molecular weight is 325 g/mol. The molecule has 112 valence electrons. The first-order chi connectivity index (χ1) is 9.81. The van der Waals surface area contributed by atoms with Crippen LogP contribution in [-0.4, -0.2) is 27.3 Å². The maximum absolute atomic E-state index is 11.9. The van der Waals surface area contributed by atoms with Crippen LogP contribution in [0.15, 0.2) is 28.7 Å².